The van der Waals surface area contributed by atoms with Crippen LogP contribution in [0.2, 0.25) is 0 Å². The lowest BCUT2D eigenvalue weighted by atomic mass is 10.1. The largest absolute Gasteiger partial charge is 0.469 e. The molecule has 2 amide bonds. The topological polar surface area (TPSA) is 126 Å². The lowest BCUT2D eigenvalue weighted by molar-refractivity contribution is -0.140. The fourth-order valence-electron chi connectivity index (χ4n) is 3.18. The number of amides is 2. The molecule has 178 valence electrons. The average Bonchev–Trinajstić information content (AvgIpc) is 3.13. The van der Waals surface area contributed by atoms with Gasteiger partial charge in [-0.05, 0) is 31.2 Å². The number of thioether (sulfide) groups is 1. The van der Waals surface area contributed by atoms with Gasteiger partial charge < -0.3 is 20.7 Å². The number of hydrogen-bond acceptors (Lipinski definition) is 6. The standard InChI is InChI=1S/C24H27N5O4S/c1-15-20(23(32)26-14-13-19(30)33-3)34-24(29(15)2)28-22(31)17-11-9-16(10-12-17)21(25)27-18-7-5-4-6-8-18/h4-12,15,20H,13-14H2,1-3H3,(H2,25,27)(H,26,32). The third-order valence-corrected chi connectivity index (χ3v) is 6.78. The van der Waals surface area contributed by atoms with Gasteiger partial charge in [-0.3, -0.25) is 14.4 Å². The van der Waals surface area contributed by atoms with E-state index in [0.29, 0.717) is 22.1 Å². The number of para-hydroxylation sites is 1. The van der Waals surface area contributed by atoms with E-state index >= 15 is 0 Å². The van der Waals surface area contributed by atoms with Crippen molar-refractivity contribution in [2.24, 2.45) is 15.7 Å². The van der Waals surface area contributed by atoms with Crippen LogP contribution in [-0.4, -0.2) is 65.7 Å². The number of methoxy groups -OCH3 is 1. The van der Waals surface area contributed by atoms with Crippen LogP contribution in [0.4, 0.5) is 5.69 Å². The summed E-state index contributed by atoms with van der Waals surface area (Å²) in [6, 6.07) is 15.9. The molecular formula is C24H27N5O4S. The zero-order chi connectivity index (χ0) is 24.7. The van der Waals surface area contributed by atoms with Crippen molar-refractivity contribution in [1.29, 1.82) is 0 Å². The molecule has 0 aliphatic carbocycles. The summed E-state index contributed by atoms with van der Waals surface area (Å²) in [4.78, 5) is 46.9. The van der Waals surface area contributed by atoms with E-state index in [1.54, 1.807) is 36.2 Å². The predicted molar refractivity (Wildman–Crippen MR) is 133 cm³/mol. The number of hydrogen-bond donors (Lipinski definition) is 2. The van der Waals surface area contributed by atoms with Crippen molar-refractivity contribution in [3.05, 3.63) is 65.7 Å². The first-order valence-corrected chi connectivity index (χ1v) is 11.5. The summed E-state index contributed by atoms with van der Waals surface area (Å²) in [5, 5.41) is 2.74. The number of carbonyl (C=O) groups excluding carboxylic acids is 3. The molecule has 0 radical (unpaired) electrons. The van der Waals surface area contributed by atoms with E-state index in [1.807, 2.05) is 37.3 Å². The number of esters is 1. The van der Waals surface area contributed by atoms with Crippen molar-refractivity contribution >= 4 is 46.2 Å². The quantitative estimate of drug-likeness (QED) is 0.353. The van der Waals surface area contributed by atoms with Crippen LogP contribution in [0.3, 0.4) is 0 Å². The minimum absolute atomic E-state index is 0.0971. The maximum Gasteiger partial charge on any atom is 0.307 e. The van der Waals surface area contributed by atoms with Crippen molar-refractivity contribution in [2.75, 3.05) is 20.7 Å². The number of aliphatic imine (C=N–C) groups is 2. The fourth-order valence-corrected chi connectivity index (χ4v) is 4.45. The van der Waals surface area contributed by atoms with Gasteiger partial charge >= 0.3 is 5.97 Å². The van der Waals surface area contributed by atoms with Crippen molar-refractivity contribution in [1.82, 2.24) is 10.2 Å². The van der Waals surface area contributed by atoms with Gasteiger partial charge in [-0.15, -0.1) is 0 Å². The van der Waals surface area contributed by atoms with Gasteiger partial charge in [-0.25, -0.2) is 4.99 Å². The molecule has 2 aromatic carbocycles. The minimum Gasteiger partial charge on any atom is -0.469 e. The molecule has 3 rings (SSSR count). The molecule has 34 heavy (non-hydrogen) atoms. The van der Waals surface area contributed by atoms with Gasteiger partial charge in [-0.2, -0.15) is 4.99 Å². The van der Waals surface area contributed by atoms with E-state index in [9.17, 15) is 14.4 Å². The summed E-state index contributed by atoms with van der Waals surface area (Å²) in [6.45, 7) is 2.07. The first-order valence-electron chi connectivity index (χ1n) is 10.7. The zero-order valence-corrected chi connectivity index (χ0v) is 20.0. The summed E-state index contributed by atoms with van der Waals surface area (Å²) in [7, 11) is 3.09. The van der Waals surface area contributed by atoms with Gasteiger partial charge in [0, 0.05) is 30.8 Å². The summed E-state index contributed by atoms with van der Waals surface area (Å²) >= 11 is 1.22. The molecule has 1 fully saturated rings. The third-order valence-electron chi connectivity index (χ3n) is 5.33. The summed E-state index contributed by atoms with van der Waals surface area (Å²) < 4.78 is 4.57. The number of nitrogens with two attached hydrogens (primary N) is 1. The monoisotopic (exact) mass is 481 g/mol. The summed E-state index contributed by atoms with van der Waals surface area (Å²) in [6.07, 6.45) is 0.0971. The second-order valence-electron chi connectivity index (χ2n) is 7.62. The Morgan fingerprint density at radius 3 is 2.38 bits per heavy atom. The second kappa shape index (κ2) is 11.5. The molecule has 2 aromatic rings. The number of rotatable bonds is 7. The van der Waals surface area contributed by atoms with E-state index in [0.717, 1.165) is 5.69 Å². The predicted octanol–water partition coefficient (Wildman–Crippen LogP) is 2.33. The van der Waals surface area contributed by atoms with Crippen LogP contribution in [0.25, 0.3) is 0 Å². The molecule has 1 aliphatic rings. The Bertz CT molecular complexity index is 1100. The summed E-state index contributed by atoms with van der Waals surface area (Å²) in [5.74, 6) is -0.684. The van der Waals surface area contributed by atoms with E-state index in [4.69, 9.17) is 5.73 Å². The van der Waals surface area contributed by atoms with E-state index in [-0.39, 0.29) is 24.9 Å². The molecule has 10 heteroatoms. The van der Waals surface area contributed by atoms with Gasteiger partial charge in [-0.1, -0.05) is 42.1 Å². The number of amidine groups is 2. The molecule has 1 aliphatic heterocycles. The molecule has 2 atom stereocenters. The van der Waals surface area contributed by atoms with E-state index in [1.165, 1.54) is 18.9 Å². The number of carbonyl (C=O) groups is 3. The van der Waals surface area contributed by atoms with Crippen molar-refractivity contribution in [3.8, 4) is 0 Å². The summed E-state index contributed by atoms with van der Waals surface area (Å²) in [5.41, 5.74) is 7.92. The molecule has 3 N–H and O–H groups in total. The van der Waals surface area contributed by atoms with Gasteiger partial charge in [0.25, 0.3) is 5.91 Å². The molecule has 2 unspecified atom stereocenters. The lowest BCUT2D eigenvalue weighted by Crippen LogP contribution is -2.41. The number of ether oxygens (including phenoxy) is 1. The Balaban J connectivity index is 1.65. The van der Waals surface area contributed by atoms with Crippen LogP contribution in [0.1, 0.15) is 29.3 Å². The Morgan fingerprint density at radius 1 is 1.09 bits per heavy atom. The Labute approximate surface area is 202 Å². The van der Waals surface area contributed by atoms with Crippen LogP contribution >= 0.6 is 11.8 Å². The first-order chi connectivity index (χ1) is 16.3. The smallest absolute Gasteiger partial charge is 0.307 e. The SMILES string of the molecule is COC(=O)CCNC(=O)C1SC(=NC(=O)c2ccc(C(N)=Nc3ccccc3)cc2)N(C)C1C. The molecule has 1 saturated heterocycles. The van der Waals surface area contributed by atoms with Gasteiger partial charge in [0.05, 0.1) is 19.2 Å². The minimum atomic E-state index is -0.453. The highest BCUT2D eigenvalue weighted by Crippen LogP contribution is 2.31. The highest BCUT2D eigenvalue weighted by molar-refractivity contribution is 8.15. The average molecular weight is 482 g/mol. The fraction of sp³-hybridized carbons (Fsp3) is 0.292. The normalized spacial score (nSPS) is 19.2. The maximum atomic E-state index is 12.7. The van der Waals surface area contributed by atoms with E-state index in [2.05, 4.69) is 20.0 Å². The number of benzene rings is 2. The Morgan fingerprint density at radius 2 is 1.74 bits per heavy atom. The molecule has 1 heterocycles. The van der Waals surface area contributed by atoms with Crippen molar-refractivity contribution < 1.29 is 19.1 Å². The second-order valence-corrected chi connectivity index (χ2v) is 8.73. The molecule has 0 spiro atoms. The molecule has 0 aromatic heterocycles. The highest BCUT2D eigenvalue weighted by Gasteiger charge is 2.39. The van der Waals surface area contributed by atoms with Crippen LogP contribution in [0.15, 0.2) is 64.6 Å². The van der Waals surface area contributed by atoms with Gasteiger partial charge in [0.2, 0.25) is 5.91 Å². The van der Waals surface area contributed by atoms with Gasteiger partial charge in [0.15, 0.2) is 5.17 Å². The van der Waals surface area contributed by atoms with Crippen molar-refractivity contribution in [3.63, 3.8) is 0 Å². The highest BCUT2D eigenvalue weighted by atomic mass is 32.2. The Kier molecular flexibility index (Phi) is 8.42. The molecule has 0 bridgehead atoms. The molecular weight excluding hydrogens is 454 g/mol. The number of nitrogens with zero attached hydrogens (tertiary/aromatic N) is 3. The zero-order valence-electron chi connectivity index (χ0n) is 19.2. The Hall–Kier alpha value is -3.66. The van der Waals surface area contributed by atoms with Crippen LogP contribution in [0, 0.1) is 0 Å². The molecule has 0 saturated carbocycles. The van der Waals surface area contributed by atoms with Crippen LogP contribution < -0.4 is 11.1 Å². The van der Waals surface area contributed by atoms with E-state index < -0.39 is 17.1 Å². The van der Waals surface area contributed by atoms with Crippen molar-refractivity contribution in [2.45, 2.75) is 24.6 Å². The lowest BCUT2D eigenvalue weighted by Gasteiger charge is -2.19. The molecule has 9 nitrogen and oxygen atoms in total. The third kappa shape index (κ3) is 6.22. The first kappa shape index (κ1) is 25.0. The van der Waals surface area contributed by atoms with Gasteiger partial charge in [0.1, 0.15) is 11.1 Å². The van der Waals surface area contributed by atoms with Crippen LogP contribution in [0.5, 0.6) is 0 Å². The van der Waals surface area contributed by atoms with Crippen LogP contribution in [-0.2, 0) is 14.3 Å². The maximum absolute atomic E-state index is 12.7. The number of nitrogens with one attached hydrogen (secondary N) is 1.